The Bertz CT molecular complexity index is 632. The van der Waals surface area contributed by atoms with Crippen molar-refractivity contribution >= 4 is 23.4 Å². The van der Waals surface area contributed by atoms with Crippen LogP contribution in [0.2, 0.25) is 5.02 Å². The maximum absolute atomic E-state index is 13.0. The topological polar surface area (TPSA) is 49.4 Å². The Hall–Kier alpha value is -1.55. The molecule has 1 atom stereocenters. The first-order valence-electron chi connectivity index (χ1n) is 10.4. The quantitative estimate of drug-likeness (QED) is 0.776. The average molecular weight is 391 g/mol. The van der Waals surface area contributed by atoms with Crippen LogP contribution in [0.5, 0.6) is 0 Å². The lowest BCUT2D eigenvalue weighted by Gasteiger charge is -2.35. The minimum Gasteiger partial charge on any atom is -0.344 e. The molecule has 1 aliphatic carbocycles. The number of piperidine rings is 1. The summed E-state index contributed by atoms with van der Waals surface area (Å²) in [6, 6.07) is 7.68. The highest BCUT2D eigenvalue weighted by Crippen LogP contribution is 2.29. The zero-order chi connectivity index (χ0) is 19.2. The van der Waals surface area contributed by atoms with E-state index < -0.39 is 0 Å². The van der Waals surface area contributed by atoms with Gasteiger partial charge in [0.15, 0.2) is 0 Å². The number of rotatable bonds is 6. The van der Waals surface area contributed by atoms with Gasteiger partial charge in [0.1, 0.15) is 6.04 Å². The second-order valence-electron chi connectivity index (χ2n) is 7.98. The molecule has 27 heavy (non-hydrogen) atoms. The van der Waals surface area contributed by atoms with Crippen LogP contribution < -0.4 is 5.32 Å². The lowest BCUT2D eigenvalue weighted by molar-refractivity contribution is -0.138. The van der Waals surface area contributed by atoms with Gasteiger partial charge in [-0.1, -0.05) is 49.9 Å². The van der Waals surface area contributed by atoms with Crippen LogP contribution in [0.3, 0.4) is 0 Å². The van der Waals surface area contributed by atoms with Crippen LogP contribution in [0.1, 0.15) is 69.8 Å². The van der Waals surface area contributed by atoms with Crippen LogP contribution in [0.25, 0.3) is 0 Å². The van der Waals surface area contributed by atoms with Crippen LogP contribution in [0.4, 0.5) is 0 Å². The fourth-order valence-electron chi connectivity index (χ4n) is 4.41. The van der Waals surface area contributed by atoms with Gasteiger partial charge < -0.3 is 10.2 Å². The highest BCUT2D eigenvalue weighted by atomic mass is 35.5. The van der Waals surface area contributed by atoms with Gasteiger partial charge >= 0.3 is 0 Å². The van der Waals surface area contributed by atoms with Gasteiger partial charge in [-0.2, -0.15) is 0 Å². The Labute approximate surface area is 167 Å². The van der Waals surface area contributed by atoms with Crippen molar-refractivity contribution < 1.29 is 9.59 Å². The molecular weight excluding hydrogens is 360 g/mol. The number of carbonyl (C=O) groups is 2. The van der Waals surface area contributed by atoms with E-state index in [2.05, 4.69) is 24.4 Å². The Morgan fingerprint density at radius 3 is 2.33 bits per heavy atom. The largest absolute Gasteiger partial charge is 0.344 e. The molecule has 148 valence electrons. The fraction of sp³-hybridized carbons (Fsp3) is 0.636. The molecule has 0 unspecified atom stereocenters. The van der Waals surface area contributed by atoms with E-state index in [0.717, 1.165) is 63.1 Å². The monoisotopic (exact) mass is 390 g/mol. The Morgan fingerprint density at radius 1 is 1.11 bits per heavy atom. The number of nitrogens with zero attached hydrogens (tertiary/aromatic N) is 1. The number of hydrogen-bond acceptors (Lipinski definition) is 2. The van der Waals surface area contributed by atoms with E-state index in [1.807, 2.05) is 17.0 Å². The van der Waals surface area contributed by atoms with Gasteiger partial charge in [-0.3, -0.25) is 9.59 Å². The van der Waals surface area contributed by atoms with Gasteiger partial charge in [-0.25, -0.2) is 0 Å². The Balaban J connectivity index is 1.55. The number of halogens is 1. The maximum Gasteiger partial charge on any atom is 0.245 e. The summed E-state index contributed by atoms with van der Waals surface area (Å²) in [5.41, 5.74) is 1.30. The van der Waals surface area contributed by atoms with E-state index in [0.29, 0.717) is 12.3 Å². The highest BCUT2D eigenvalue weighted by molar-refractivity contribution is 6.30. The lowest BCUT2D eigenvalue weighted by atomic mass is 9.89. The average Bonchev–Trinajstić information content (AvgIpc) is 3.23. The predicted molar refractivity (Wildman–Crippen MR) is 109 cm³/mol. The zero-order valence-electron chi connectivity index (χ0n) is 16.3. The van der Waals surface area contributed by atoms with E-state index in [1.54, 1.807) is 0 Å². The molecule has 2 aliphatic rings. The van der Waals surface area contributed by atoms with Gasteiger partial charge in [0.2, 0.25) is 11.8 Å². The first-order chi connectivity index (χ1) is 13.1. The molecule has 1 saturated carbocycles. The molecular formula is C22H31ClN2O2. The molecule has 0 aromatic heterocycles. The molecule has 5 heteroatoms. The number of likely N-dealkylation sites (tertiary alicyclic amines) is 1. The second kappa shape index (κ2) is 9.59. The molecule has 1 heterocycles. The summed E-state index contributed by atoms with van der Waals surface area (Å²) < 4.78 is 0. The minimum atomic E-state index is -0.366. The Kier molecular flexibility index (Phi) is 7.17. The molecule has 0 bridgehead atoms. The SMILES string of the molecule is CCC[C@@H](NC(=O)C1CCCC1)C(=O)N1CCC(c2ccc(Cl)cc2)CC1. The van der Waals surface area contributed by atoms with E-state index in [1.165, 1.54) is 5.56 Å². The Morgan fingerprint density at radius 2 is 1.74 bits per heavy atom. The van der Waals surface area contributed by atoms with E-state index >= 15 is 0 Å². The number of benzene rings is 1. The summed E-state index contributed by atoms with van der Waals surface area (Å²) in [4.78, 5) is 27.5. The first-order valence-corrected chi connectivity index (χ1v) is 10.8. The summed E-state index contributed by atoms with van der Waals surface area (Å²) in [6.45, 7) is 3.58. The molecule has 3 rings (SSSR count). The van der Waals surface area contributed by atoms with Crippen molar-refractivity contribution in [3.63, 3.8) is 0 Å². The predicted octanol–water partition coefficient (Wildman–Crippen LogP) is 4.52. The number of amides is 2. The van der Waals surface area contributed by atoms with Crippen molar-refractivity contribution in [2.45, 2.75) is 70.3 Å². The third kappa shape index (κ3) is 5.25. The molecule has 0 spiro atoms. The molecule has 1 aliphatic heterocycles. The van der Waals surface area contributed by atoms with Gasteiger partial charge in [-0.15, -0.1) is 0 Å². The third-order valence-electron chi connectivity index (χ3n) is 6.07. The maximum atomic E-state index is 13.0. The van der Waals surface area contributed by atoms with Gasteiger partial charge in [-0.05, 0) is 55.7 Å². The van der Waals surface area contributed by atoms with Crippen LogP contribution >= 0.6 is 11.6 Å². The van der Waals surface area contributed by atoms with Crippen molar-refractivity contribution in [3.05, 3.63) is 34.9 Å². The smallest absolute Gasteiger partial charge is 0.245 e. The van der Waals surface area contributed by atoms with Crippen molar-refractivity contribution in [1.29, 1.82) is 0 Å². The molecule has 1 saturated heterocycles. The van der Waals surface area contributed by atoms with Gasteiger partial charge in [0, 0.05) is 24.0 Å². The van der Waals surface area contributed by atoms with Gasteiger partial charge in [0.25, 0.3) is 0 Å². The van der Waals surface area contributed by atoms with Crippen molar-refractivity contribution in [2.24, 2.45) is 5.92 Å². The van der Waals surface area contributed by atoms with E-state index in [9.17, 15) is 9.59 Å². The third-order valence-corrected chi connectivity index (χ3v) is 6.32. The molecule has 4 nitrogen and oxygen atoms in total. The molecule has 2 amide bonds. The second-order valence-corrected chi connectivity index (χ2v) is 8.42. The minimum absolute atomic E-state index is 0.0790. The lowest BCUT2D eigenvalue weighted by Crippen LogP contribution is -2.51. The fourth-order valence-corrected chi connectivity index (χ4v) is 4.54. The molecule has 1 N–H and O–H groups in total. The van der Waals surface area contributed by atoms with Gasteiger partial charge in [0.05, 0.1) is 0 Å². The van der Waals surface area contributed by atoms with Crippen LogP contribution in [0.15, 0.2) is 24.3 Å². The van der Waals surface area contributed by atoms with Crippen molar-refractivity contribution in [2.75, 3.05) is 13.1 Å². The molecule has 0 radical (unpaired) electrons. The van der Waals surface area contributed by atoms with E-state index in [4.69, 9.17) is 11.6 Å². The molecule has 1 aromatic carbocycles. The number of hydrogen-bond donors (Lipinski definition) is 1. The zero-order valence-corrected chi connectivity index (χ0v) is 17.0. The summed E-state index contributed by atoms with van der Waals surface area (Å²) in [6.07, 6.45) is 7.71. The summed E-state index contributed by atoms with van der Waals surface area (Å²) >= 11 is 5.98. The van der Waals surface area contributed by atoms with Crippen LogP contribution in [-0.2, 0) is 9.59 Å². The molecule has 2 fully saturated rings. The van der Waals surface area contributed by atoms with Crippen LogP contribution in [0, 0.1) is 5.92 Å². The first kappa shape index (κ1) is 20.2. The van der Waals surface area contributed by atoms with Crippen LogP contribution in [-0.4, -0.2) is 35.8 Å². The number of carbonyl (C=O) groups excluding carboxylic acids is 2. The standard InChI is InChI=1S/C22H31ClN2O2/c1-2-5-20(24-21(26)18-6-3-4-7-18)22(27)25-14-12-17(13-15-25)16-8-10-19(23)11-9-16/h8-11,17-18,20H,2-7,12-15H2,1H3,(H,24,26)/t20-/m1/s1. The van der Waals surface area contributed by atoms with Crippen molar-refractivity contribution in [3.8, 4) is 0 Å². The van der Waals surface area contributed by atoms with E-state index in [-0.39, 0.29) is 23.8 Å². The summed E-state index contributed by atoms with van der Waals surface area (Å²) in [7, 11) is 0. The summed E-state index contributed by atoms with van der Waals surface area (Å²) in [5, 5.41) is 3.82. The van der Waals surface area contributed by atoms with Crippen molar-refractivity contribution in [1.82, 2.24) is 10.2 Å². The number of nitrogens with one attached hydrogen (secondary N) is 1. The molecule has 1 aromatic rings. The highest BCUT2D eigenvalue weighted by Gasteiger charge is 2.31. The summed E-state index contributed by atoms with van der Waals surface area (Å²) in [5.74, 6) is 0.755. The normalized spacial score (nSPS) is 19.9.